The van der Waals surface area contributed by atoms with Gasteiger partial charge in [0.1, 0.15) is 41.0 Å². The van der Waals surface area contributed by atoms with Gasteiger partial charge in [-0.2, -0.15) is 0 Å². The average Bonchev–Trinajstić information content (AvgIpc) is 3.91. The van der Waals surface area contributed by atoms with Crippen molar-refractivity contribution >= 4 is 44.7 Å². The number of aromatic nitrogens is 3. The molecule has 0 bridgehead atoms. The Morgan fingerprint density at radius 3 is 2.62 bits per heavy atom. The van der Waals surface area contributed by atoms with Crippen LogP contribution in [-0.4, -0.2) is 87.1 Å². The number of sulfonamides is 1. The Bertz CT molecular complexity index is 2120. The minimum Gasteiger partial charge on any atom is -0.471 e. The summed E-state index contributed by atoms with van der Waals surface area (Å²) >= 11 is 0. The fourth-order valence-electron chi connectivity index (χ4n) is 7.02. The molecule has 4 amide bonds. The van der Waals surface area contributed by atoms with E-state index in [9.17, 15) is 32.0 Å². The van der Waals surface area contributed by atoms with Crippen LogP contribution in [0.25, 0.3) is 11.0 Å². The van der Waals surface area contributed by atoms with E-state index in [4.69, 9.17) is 9.26 Å². The number of ether oxygens (including phenoxy) is 1. The average molecular weight is 752 g/mol. The van der Waals surface area contributed by atoms with Gasteiger partial charge in [-0.3, -0.25) is 23.9 Å². The second-order valence-corrected chi connectivity index (χ2v) is 17.0. The van der Waals surface area contributed by atoms with Crippen LogP contribution in [0.5, 0.6) is 5.88 Å². The summed E-state index contributed by atoms with van der Waals surface area (Å²) in [5.41, 5.74) is -0.430. The summed E-state index contributed by atoms with van der Waals surface area (Å²) < 4.78 is 52.7. The maximum Gasteiger partial charge on any atom is 0.274 e. The minimum absolute atomic E-state index is 0.00205. The molecule has 2 aromatic heterocycles. The molecule has 0 spiro atoms. The highest BCUT2D eigenvalue weighted by Gasteiger charge is 2.63. The molecule has 17 heteroatoms. The lowest BCUT2D eigenvalue weighted by atomic mass is 10.0. The first kappa shape index (κ1) is 36.4. The zero-order valence-corrected chi connectivity index (χ0v) is 30.5. The van der Waals surface area contributed by atoms with E-state index in [1.165, 1.54) is 29.2 Å². The topological polar surface area (TPSA) is 203 Å². The number of carbonyl (C=O) groups excluding carboxylic acids is 4. The molecule has 2 saturated carbocycles. The second kappa shape index (κ2) is 13.8. The number of aryl methyl sites for hydroxylation is 2. The number of hydrogen-bond acceptors (Lipinski definition) is 11. The zero-order chi connectivity index (χ0) is 37.7. The molecule has 5 atom stereocenters. The van der Waals surface area contributed by atoms with Gasteiger partial charge in [-0.25, -0.2) is 22.8 Å². The molecule has 1 aromatic carbocycles. The monoisotopic (exact) mass is 751 g/mol. The fraction of sp³-hybridized carbons (Fsp3) is 0.528. The number of carbonyl (C=O) groups is 4. The number of halogens is 1. The Hall–Kier alpha value is -4.93. The SMILES string of the molecule is Cc1cc(C(=O)N[C@H]2CCCCC/C=C\C3C[C@@]3(C(=O)NS(=O)(=O)C3(C)CC3)NC(=O)[C@@H]3C[C@@H](Oc4nc5cc(F)ccc5nc4C)CN3C2=O)no1. The molecular weight excluding hydrogens is 710 g/mol. The maximum absolute atomic E-state index is 14.5. The molecule has 4 aliphatic rings. The number of hydrogen-bond donors (Lipinski definition) is 3. The summed E-state index contributed by atoms with van der Waals surface area (Å²) in [4.78, 5) is 66.1. The lowest BCUT2D eigenvalue weighted by Gasteiger charge is -2.30. The molecule has 3 aromatic rings. The van der Waals surface area contributed by atoms with Crippen molar-refractivity contribution in [1.82, 2.24) is 35.4 Å². The van der Waals surface area contributed by atoms with E-state index in [2.05, 4.69) is 30.5 Å². The molecule has 0 radical (unpaired) electrons. The van der Waals surface area contributed by atoms with E-state index < -0.39 is 73.9 Å². The van der Waals surface area contributed by atoms with Gasteiger partial charge < -0.3 is 24.8 Å². The molecule has 2 aliphatic carbocycles. The van der Waals surface area contributed by atoms with Gasteiger partial charge >= 0.3 is 0 Å². The van der Waals surface area contributed by atoms with Gasteiger partial charge in [0, 0.05) is 24.5 Å². The van der Waals surface area contributed by atoms with E-state index in [1.54, 1.807) is 20.8 Å². The van der Waals surface area contributed by atoms with Crippen molar-refractivity contribution in [3.05, 3.63) is 59.4 Å². The first-order valence-corrected chi connectivity index (χ1v) is 19.4. The predicted molar refractivity (Wildman–Crippen MR) is 187 cm³/mol. The van der Waals surface area contributed by atoms with Crippen LogP contribution in [0.2, 0.25) is 0 Å². The number of fused-ring (bicyclic) bond motifs is 3. The zero-order valence-electron chi connectivity index (χ0n) is 29.7. The lowest BCUT2D eigenvalue weighted by molar-refractivity contribution is -0.141. The summed E-state index contributed by atoms with van der Waals surface area (Å²) in [7, 11) is -4.01. The molecule has 7 rings (SSSR count). The van der Waals surface area contributed by atoms with Crippen LogP contribution in [0.4, 0.5) is 4.39 Å². The smallest absolute Gasteiger partial charge is 0.274 e. The second-order valence-electron chi connectivity index (χ2n) is 14.8. The summed E-state index contributed by atoms with van der Waals surface area (Å²) in [6.07, 6.45) is 6.96. The molecule has 4 heterocycles. The lowest BCUT2D eigenvalue weighted by Crippen LogP contribution is -2.58. The van der Waals surface area contributed by atoms with Gasteiger partial charge in [-0.15, -0.1) is 0 Å². The van der Waals surface area contributed by atoms with Crippen LogP contribution in [0.3, 0.4) is 0 Å². The third kappa shape index (κ3) is 7.35. The van der Waals surface area contributed by atoms with Crippen molar-refractivity contribution in [2.45, 2.75) is 107 Å². The van der Waals surface area contributed by atoms with Crippen molar-refractivity contribution in [2.24, 2.45) is 5.92 Å². The largest absolute Gasteiger partial charge is 0.471 e. The Balaban J connectivity index is 1.20. The third-order valence-electron chi connectivity index (χ3n) is 10.7. The van der Waals surface area contributed by atoms with E-state index in [0.29, 0.717) is 42.7 Å². The minimum atomic E-state index is -4.01. The van der Waals surface area contributed by atoms with Crippen molar-refractivity contribution in [1.29, 1.82) is 0 Å². The van der Waals surface area contributed by atoms with Crippen LogP contribution in [0, 0.1) is 25.6 Å². The third-order valence-corrected chi connectivity index (χ3v) is 12.8. The maximum atomic E-state index is 14.5. The summed E-state index contributed by atoms with van der Waals surface area (Å²) in [6.45, 7) is 4.79. The van der Waals surface area contributed by atoms with Crippen molar-refractivity contribution < 1.29 is 41.2 Å². The molecule has 15 nitrogen and oxygen atoms in total. The van der Waals surface area contributed by atoms with Crippen LogP contribution in [-0.2, 0) is 24.4 Å². The first-order chi connectivity index (χ1) is 25.2. The van der Waals surface area contributed by atoms with Crippen LogP contribution >= 0.6 is 0 Å². The summed E-state index contributed by atoms with van der Waals surface area (Å²) in [6, 6.07) is 3.23. The first-order valence-electron chi connectivity index (χ1n) is 17.9. The summed E-state index contributed by atoms with van der Waals surface area (Å²) in [5.74, 6) is -3.14. The standard InChI is InChI=1S/C36H42FN7O8S/c1-20-15-28(42-52-20)30(45)39-26-10-8-6-4-5-7-9-22-18-36(22,34(48)43-53(49,50)35(3)13-14-35)41-31(46)29-17-24(19-44(29)33(26)47)51-32-21(2)38-25-12-11-23(37)16-27(25)40-32/h7,9,11-12,15-16,22,24,26,29H,4-6,8,10,13-14,17-19H2,1-3H3,(H,39,45)(H,41,46)(H,43,48)/b9-7-/t22?,24-,26+,29+,36-/m1/s1. The highest BCUT2D eigenvalue weighted by molar-refractivity contribution is 7.91. The molecule has 53 heavy (non-hydrogen) atoms. The Morgan fingerprint density at radius 1 is 1.09 bits per heavy atom. The Kier molecular flexibility index (Phi) is 9.49. The molecule has 3 fully saturated rings. The predicted octanol–water partition coefficient (Wildman–Crippen LogP) is 2.91. The van der Waals surface area contributed by atoms with Crippen LogP contribution < -0.4 is 20.1 Å². The number of rotatable bonds is 7. The fourth-order valence-corrected chi connectivity index (χ4v) is 8.33. The highest BCUT2D eigenvalue weighted by Crippen LogP contribution is 2.47. The molecule has 3 N–H and O–H groups in total. The van der Waals surface area contributed by atoms with E-state index >= 15 is 0 Å². The van der Waals surface area contributed by atoms with Gasteiger partial charge in [0.05, 0.1) is 22.3 Å². The number of amides is 4. The molecule has 1 saturated heterocycles. The van der Waals surface area contributed by atoms with Crippen LogP contribution in [0.15, 0.2) is 40.9 Å². The quantitative estimate of drug-likeness (QED) is 0.300. The molecule has 2 aliphatic heterocycles. The molecule has 282 valence electrons. The summed E-state index contributed by atoms with van der Waals surface area (Å²) in [5, 5.41) is 9.39. The van der Waals surface area contributed by atoms with E-state index in [1.807, 2.05) is 12.2 Å². The number of nitrogens with zero attached hydrogens (tertiary/aromatic N) is 4. The van der Waals surface area contributed by atoms with Crippen molar-refractivity contribution in [3.63, 3.8) is 0 Å². The van der Waals surface area contributed by atoms with Gasteiger partial charge in [0.2, 0.25) is 27.7 Å². The van der Waals surface area contributed by atoms with E-state index in [-0.39, 0.29) is 42.9 Å². The number of nitrogens with one attached hydrogen (secondary N) is 3. The Morgan fingerprint density at radius 2 is 1.89 bits per heavy atom. The normalized spacial score (nSPS) is 27.7. The van der Waals surface area contributed by atoms with Gasteiger partial charge in [-0.1, -0.05) is 30.2 Å². The van der Waals surface area contributed by atoms with E-state index in [0.717, 1.165) is 12.8 Å². The number of allylic oxidation sites excluding steroid dienone is 1. The van der Waals surface area contributed by atoms with Crippen LogP contribution in [0.1, 0.15) is 86.7 Å². The van der Waals surface area contributed by atoms with Gasteiger partial charge in [0.25, 0.3) is 11.8 Å². The van der Waals surface area contributed by atoms with Crippen molar-refractivity contribution in [2.75, 3.05) is 6.54 Å². The van der Waals surface area contributed by atoms with Gasteiger partial charge in [0.15, 0.2) is 5.69 Å². The number of benzene rings is 1. The highest BCUT2D eigenvalue weighted by atomic mass is 32.2. The molecule has 1 unspecified atom stereocenters. The molecular formula is C36H42FN7O8S. The Labute approximate surface area is 305 Å². The van der Waals surface area contributed by atoms with Gasteiger partial charge in [-0.05, 0) is 71.4 Å². The van der Waals surface area contributed by atoms with Crippen molar-refractivity contribution in [3.8, 4) is 5.88 Å².